The van der Waals surface area contributed by atoms with Crippen LogP contribution in [0.1, 0.15) is 37.8 Å². The van der Waals surface area contributed by atoms with Crippen molar-refractivity contribution in [3.8, 4) is 11.5 Å². The number of carbonyl (C=O) groups excluding carboxylic acids is 1. The quantitative estimate of drug-likeness (QED) is 0.756. The highest BCUT2D eigenvalue weighted by Gasteiger charge is 2.21. The first-order valence-electron chi connectivity index (χ1n) is 8.56. The van der Waals surface area contributed by atoms with E-state index in [0.717, 1.165) is 22.6 Å². The summed E-state index contributed by atoms with van der Waals surface area (Å²) in [7, 11) is 3.43. The molecule has 0 heterocycles. The summed E-state index contributed by atoms with van der Waals surface area (Å²) in [4.78, 5) is 14.3. The van der Waals surface area contributed by atoms with Crippen molar-refractivity contribution >= 4 is 5.91 Å². The first-order valence-corrected chi connectivity index (χ1v) is 8.56. The summed E-state index contributed by atoms with van der Waals surface area (Å²) in [5.41, 5.74) is 2.16. The third kappa shape index (κ3) is 4.99. The predicted octanol–water partition coefficient (Wildman–Crippen LogP) is 4.24. The zero-order valence-electron chi connectivity index (χ0n) is 15.7. The van der Waals surface area contributed by atoms with Gasteiger partial charge in [-0.15, -0.1) is 0 Å². The molecule has 0 spiro atoms. The molecule has 4 heteroatoms. The van der Waals surface area contributed by atoms with Gasteiger partial charge in [-0.1, -0.05) is 44.2 Å². The van der Waals surface area contributed by atoms with Gasteiger partial charge in [0.05, 0.1) is 7.11 Å². The smallest absolute Gasteiger partial charge is 0.263 e. The number of hydrogen-bond donors (Lipinski definition) is 0. The van der Waals surface area contributed by atoms with E-state index in [1.54, 1.807) is 26.0 Å². The van der Waals surface area contributed by atoms with Crippen LogP contribution in [0, 0.1) is 0 Å². The lowest BCUT2D eigenvalue weighted by Crippen LogP contribution is -2.37. The van der Waals surface area contributed by atoms with Gasteiger partial charge in [-0.25, -0.2) is 0 Å². The molecular weight excluding hydrogens is 314 g/mol. The number of methoxy groups -OCH3 is 1. The molecule has 0 aliphatic heterocycles. The van der Waals surface area contributed by atoms with Gasteiger partial charge in [0.1, 0.15) is 11.5 Å². The SMILES string of the molecule is COc1ccc(CN(C)C(=O)C(C)Oc2ccccc2C(C)C)cc1. The highest BCUT2D eigenvalue weighted by Crippen LogP contribution is 2.27. The normalized spacial score (nSPS) is 11.9. The average molecular weight is 341 g/mol. The summed E-state index contributed by atoms with van der Waals surface area (Å²) >= 11 is 0. The van der Waals surface area contributed by atoms with E-state index in [2.05, 4.69) is 13.8 Å². The second-order valence-electron chi connectivity index (χ2n) is 6.49. The first kappa shape index (κ1) is 18.8. The molecule has 1 amide bonds. The summed E-state index contributed by atoms with van der Waals surface area (Å²) in [5.74, 6) is 1.88. The molecule has 134 valence electrons. The third-order valence-corrected chi connectivity index (χ3v) is 4.15. The van der Waals surface area contributed by atoms with Gasteiger partial charge in [-0.3, -0.25) is 4.79 Å². The molecule has 0 aromatic heterocycles. The number of likely N-dealkylation sites (N-methyl/N-ethyl adjacent to an activating group) is 1. The topological polar surface area (TPSA) is 38.8 Å². The predicted molar refractivity (Wildman–Crippen MR) is 100 cm³/mol. The summed E-state index contributed by atoms with van der Waals surface area (Å²) < 4.78 is 11.1. The highest BCUT2D eigenvalue weighted by atomic mass is 16.5. The molecule has 25 heavy (non-hydrogen) atoms. The van der Waals surface area contributed by atoms with Crippen molar-refractivity contribution in [3.63, 3.8) is 0 Å². The molecule has 2 aromatic rings. The Bertz CT molecular complexity index is 695. The van der Waals surface area contributed by atoms with Crippen LogP contribution in [-0.2, 0) is 11.3 Å². The first-order chi connectivity index (χ1) is 11.9. The van der Waals surface area contributed by atoms with Gasteiger partial charge in [0.2, 0.25) is 0 Å². The number of para-hydroxylation sites is 1. The molecule has 1 unspecified atom stereocenters. The zero-order valence-corrected chi connectivity index (χ0v) is 15.7. The minimum absolute atomic E-state index is 0.0469. The molecule has 2 rings (SSSR count). The fourth-order valence-corrected chi connectivity index (χ4v) is 2.70. The second kappa shape index (κ2) is 8.56. The minimum atomic E-state index is -0.539. The number of hydrogen-bond acceptors (Lipinski definition) is 3. The Balaban J connectivity index is 2.01. The van der Waals surface area contributed by atoms with Crippen LogP contribution in [0.15, 0.2) is 48.5 Å². The molecular formula is C21H27NO3. The lowest BCUT2D eigenvalue weighted by atomic mass is 10.0. The van der Waals surface area contributed by atoms with E-state index in [9.17, 15) is 4.79 Å². The van der Waals surface area contributed by atoms with Crippen molar-refractivity contribution in [1.29, 1.82) is 0 Å². The van der Waals surface area contributed by atoms with Crippen LogP contribution in [0.3, 0.4) is 0 Å². The number of benzene rings is 2. The van der Waals surface area contributed by atoms with E-state index < -0.39 is 6.10 Å². The fraction of sp³-hybridized carbons (Fsp3) is 0.381. The Morgan fingerprint density at radius 2 is 1.68 bits per heavy atom. The van der Waals surface area contributed by atoms with Crippen molar-refractivity contribution in [2.75, 3.05) is 14.2 Å². The maximum Gasteiger partial charge on any atom is 0.263 e. The maximum atomic E-state index is 12.6. The van der Waals surface area contributed by atoms with Crippen LogP contribution >= 0.6 is 0 Å². The standard InChI is InChI=1S/C21H27NO3/c1-15(2)19-8-6-7-9-20(19)25-16(3)21(23)22(4)14-17-10-12-18(24-5)13-11-17/h6-13,15-16H,14H2,1-5H3. The molecule has 2 aromatic carbocycles. The van der Waals surface area contributed by atoms with E-state index >= 15 is 0 Å². The van der Waals surface area contributed by atoms with Gasteiger partial charge in [0.15, 0.2) is 6.10 Å². The molecule has 4 nitrogen and oxygen atoms in total. The molecule has 0 bridgehead atoms. The largest absolute Gasteiger partial charge is 0.497 e. The molecule has 0 aliphatic carbocycles. The van der Waals surface area contributed by atoms with Gasteiger partial charge in [-0.2, -0.15) is 0 Å². The molecule has 0 fully saturated rings. The van der Waals surface area contributed by atoms with E-state index in [1.165, 1.54) is 0 Å². The Hall–Kier alpha value is -2.49. The average Bonchev–Trinajstić information content (AvgIpc) is 2.61. The van der Waals surface area contributed by atoms with E-state index in [-0.39, 0.29) is 5.91 Å². The van der Waals surface area contributed by atoms with Crippen LogP contribution in [0.5, 0.6) is 11.5 Å². The third-order valence-electron chi connectivity index (χ3n) is 4.15. The van der Waals surface area contributed by atoms with Gasteiger partial charge in [0.25, 0.3) is 5.91 Å². The van der Waals surface area contributed by atoms with Crippen molar-refractivity contribution < 1.29 is 14.3 Å². The van der Waals surface area contributed by atoms with E-state index in [0.29, 0.717) is 12.5 Å². The molecule has 0 saturated heterocycles. The van der Waals surface area contributed by atoms with E-state index in [1.807, 2.05) is 48.5 Å². The minimum Gasteiger partial charge on any atom is -0.497 e. The van der Waals surface area contributed by atoms with Gasteiger partial charge in [0, 0.05) is 13.6 Å². The Morgan fingerprint density at radius 3 is 2.28 bits per heavy atom. The molecule has 1 atom stereocenters. The number of ether oxygens (including phenoxy) is 2. The highest BCUT2D eigenvalue weighted by molar-refractivity contribution is 5.80. The molecule has 0 aliphatic rings. The zero-order chi connectivity index (χ0) is 18.4. The van der Waals surface area contributed by atoms with Gasteiger partial charge < -0.3 is 14.4 Å². The Labute approximate surface area is 150 Å². The molecule has 0 radical (unpaired) electrons. The number of carbonyl (C=O) groups is 1. The lowest BCUT2D eigenvalue weighted by molar-refractivity contribution is -0.137. The van der Waals surface area contributed by atoms with Crippen LogP contribution < -0.4 is 9.47 Å². The Kier molecular flexibility index (Phi) is 6.45. The van der Waals surface area contributed by atoms with Crippen molar-refractivity contribution in [3.05, 3.63) is 59.7 Å². The van der Waals surface area contributed by atoms with Crippen molar-refractivity contribution in [2.24, 2.45) is 0 Å². The second-order valence-corrected chi connectivity index (χ2v) is 6.49. The lowest BCUT2D eigenvalue weighted by Gasteiger charge is -2.24. The maximum absolute atomic E-state index is 12.6. The Morgan fingerprint density at radius 1 is 1.04 bits per heavy atom. The number of nitrogens with zero attached hydrogens (tertiary/aromatic N) is 1. The fourth-order valence-electron chi connectivity index (χ4n) is 2.70. The van der Waals surface area contributed by atoms with Gasteiger partial charge in [-0.05, 0) is 42.2 Å². The van der Waals surface area contributed by atoms with Gasteiger partial charge >= 0.3 is 0 Å². The van der Waals surface area contributed by atoms with Crippen molar-refractivity contribution in [1.82, 2.24) is 4.90 Å². The molecule has 0 N–H and O–H groups in total. The van der Waals surface area contributed by atoms with Crippen LogP contribution in [0.2, 0.25) is 0 Å². The number of rotatable bonds is 7. The summed E-state index contributed by atoms with van der Waals surface area (Å²) in [6.45, 7) is 6.56. The summed E-state index contributed by atoms with van der Waals surface area (Å²) in [6, 6.07) is 15.6. The van der Waals surface area contributed by atoms with Crippen LogP contribution in [-0.4, -0.2) is 31.1 Å². The summed E-state index contributed by atoms with van der Waals surface area (Å²) in [6.07, 6.45) is -0.539. The van der Waals surface area contributed by atoms with Crippen LogP contribution in [0.25, 0.3) is 0 Å². The van der Waals surface area contributed by atoms with Crippen LogP contribution in [0.4, 0.5) is 0 Å². The monoisotopic (exact) mass is 341 g/mol. The molecule has 0 saturated carbocycles. The number of amides is 1. The summed E-state index contributed by atoms with van der Waals surface area (Å²) in [5, 5.41) is 0. The van der Waals surface area contributed by atoms with Crippen molar-refractivity contribution in [2.45, 2.75) is 39.3 Å². The van der Waals surface area contributed by atoms with E-state index in [4.69, 9.17) is 9.47 Å².